The molecule has 0 aliphatic rings. The number of hydrogen-bond donors (Lipinski definition) is 1. The number of carbonyl (C=O) groups is 1. The number of nitrogens with one attached hydrogen (secondary N) is 1. The summed E-state index contributed by atoms with van der Waals surface area (Å²) < 4.78 is 7.14. The molecule has 6 nitrogen and oxygen atoms in total. The number of fused-ring (bicyclic) bond motifs is 1. The van der Waals surface area contributed by atoms with E-state index in [0.717, 1.165) is 22.0 Å². The molecule has 0 saturated heterocycles. The molecule has 3 aromatic heterocycles. The number of hydrogen-bond acceptors (Lipinski definition) is 6. The summed E-state index contributed by atoms with van der Waals surface area (Å²) in [6, 6.07) is 13.7. The van der Waals surface area contributed by atoms with Crippen LogP contribution < -0.4 is 5.32 Å². The Balaban J connectivity index is 1.39. The minimum atomic E-state index is -0.461. The van der Waals surface area contributed by atoms with Crippen LogP contribution >= 0.6 is 11.3 Å². The van der Waals surface area contributed by atoms with Gasteiger partial charge in [0.1, 0.15) is 12.3 Å². The number of benzene rings is 1. The molecule has 7 heteroatoms. The number of aryl methyl sites for hydroxylation is 1. The SMILES string of the molecule is Cc1ccn2cc(C(=O)OCc3csc(Nc4ccccc4)n3)nc2c1. The van der Waals surface area contributed by atoms with Gasteiger partial charge in [-0.25, -0.2) is 14.8 Å². The highest BCUT2D eigenvalue weighted by molar-refractivity contribution is 7.13. The molecule has 0 atom stereocenters. The van der Waals surface area contributed by atoms with Crippen LogP contribution in [0.25, 0.3) is 5.65 Å². The quantitative estimate of drug-likeness (QED) is 0.538. The molecule has 26 heavy (non-hydrogen) atoms. The monoisotopic (exact) mass is 364 g/mol. The summed E-state index contributed by atoms with van der Waals surface area (Å²) >= 11 is 1.46. The first-order valence-corrected chi connectivity index (χ1v) is 8.94. The number of aromatic nitrogens is 3. The molecule has 0 amide bonds. The van der Waals surface area contributed by atoms with Gasteiger partial charge in [-0.1, -0.05) is 18.2 Å². The third-order valence-corrected chi connectivity index (χ3v) is 4.56. The van der Waals surface area contributed by atoms with E-state index in [4.69, 9.17) is 4.74 Å². The summed E-state index contributed by atoms with van der Waals surface area (Å²) in [6.45, 7) is 2.09. The van der Waals surface area contributed by atoms with E-state index in [2.05, 4.69) is 15.3 Å². The van der Waals surface area contributed by atoms with Gasteiger partial charge < -0.3 is 14.5 Å². The van der Waals surface area contributed by atoms with E-state index in [0.29, 0.717) is 5.69 Å². The predicted octanol–water partition coefficient (Wildman–Crippen LogP) is 4.20. The average Bonchev–Trinajstić information content (AvgIpc) is 3.27. The van der Waals surface area contributed by atoms with Crippen molar-refractivity contribution in [3.63, 3.8) is 0 Å². The topological polar surface area (TPSA) is 68.5 Å². The van der Waals surface area contributed by atoms with Crippen molar-refractivity contribution < 1.29 is 9.53 Å². The number of pyridine rings is 1. The van der Waals surface area contributed by atoms with Crippen LogP contribution in [0.5, 0.6) is 0 Å². The minimum Gasteiger partial charge on any atom is -0.454 e. The molecule has 0 saturated carbocycles. The second-order valence-electron chi connectivity index (χ2n) is 5.81. The van der Waals surface area contributed by atoms with Crippen molar-refractivity contribution in [3.8, 4) is 0 Å². The molecule has 1 aromatic carbocycles. The van der Waals surface area contributed by atoms with Crippen molar-refractivity contribution in [2.45, 2.75) is 13.5 Å². The van der Waals surface area contributed by atoms with Crippen LogP contribution in [0.1, 0.15) is 21.7 Å². The molecular formula is C19H16N4O2S. The molecular weight excluding hydrogens is 348 g/mol. The molecule has 4 rings (SSSR count). The van der Waals surface area contributed by atoms with Gasteiger partial charge in [-0.15, -0.1) is 11.3 Å². The number of imidazole rings is 1. The van der Waals surface area contributed by atoms with Crippen LogP contribution in [0.3, 0.4) is 0 Å². The Hall–Kier alpha value is -3.19. The highest BCUT2D eigenvalue weighted by Gasteiger charge is 2.13. The predicted molar refractivity (Wildman–Crippen MR) is 101 cm³/mol. The van der Waals surface area contributed by atoms with Gasteiger partial charge in [0.05, 0.1) is 5.69 Å². The summed E-state index contributed by atoms with van der Waals surface area (Å²) in [6.07, 6.45) is 3.54. The maximum atomic E-state index is 12.2. The molecule has 0 unspecified atom stereocenters. The van der Waals surface area contributed by atoms with Crippen LogP contribution in [0, 0.1) is 6.92 Å². The standard InChI is InChI=1S/C19H16N4O2S/c1-13-7-8-23-10-16(22-17(23)9-13)18(24)25-11-15-12-26-19(21-15)20-14-5-3-2-4-6-14/h2-10,12H,11H2,1H3,(H,20,21). The number of nitrogens with zero attached hydrogens (tertiary/aromatic N) is 3. The summed E-state index contributed by atoms with van der Waals surface area (Å²) in [5.74, 6) is -0.461. The average molecular weight is 364 g/mol. The van der Waals surface area contributed by atoms with Crippen LogP contribution in [0.4, 0.5) is 10.8 Å². The molecule has 1 N–H and O–H groups in total. The Morgan fingerprint density at radius 1 is 1.23 bits per heavy atom. The molecule has 0 aliphatic carbocycles. The molecule has 0 aliphatic heterocycles. The van der Waals surface area contributed by atoms with E-state index in [1.54, 1.807) is 10.6 Å². The van der Waals surface area contributed by atoms with Crippen molar-refractivity contribution in [2.24, 2.45) is 0 Å². The van der Waals surface area contributed by atoms with Crippen molar-refractivity contribution in [3.05, 3.63) is 77.2 Å². The lowest BCUT2D eigenvalue weighted by Crippen LogP contribution is -2.05. The lowest BCUT2D eigenvalue weighted by Gasteiger charge is -2.01. The number of para-hydroxylation sites is 1. The van der Waals surface area contributed by atoms with E-state index >= 15 is 0 Å². The third-order valence-electron chi connectivity index (χ3n) is 3.75. The van der Waals surface area contributed by atoms with Gasteiger partial charge in [0, 0.05) is 23.5 Å². The maximum Gasteiger partial charge on any atom is 0.358 e. The normalized spacial score (nSPS) is 10.8. The summed E-state index contributed by atoms with van der Waals surface area (Å²) in [5.41, 5.74) is 3.75. The lowest BCUT2D eigenvalue weighted by atomic mass is 10.3. The fourth-order valence-corrected chi connectivity index (χ4v) is 3.19. The number of carbonyl (C=O) groups excluding carboxylic acids is 1. The number of anilines is 2. The van der Waals surface area contributed by atoms with Gasteiger partial charge >= 0.3 is 5.97 Å². The van der Waals surface area contributed by atoms with Gasteiger partial charge in [-0.3, -0.25) is 0 Å². The maximum absolute atomic E-state index is 12.2. The third kappa shape index (κ3) is 3.57. The fraction of sp³-hybridized carbons (Fsp3) is 0.105. The molecule has 0 fully saturated rings. The van der Waals surface area contributed by atoms with Gasteiger partial charge in [-0.2, -0.15) is 0 Å². The number of thiazole rings is 1. The second-order valence-corrected chi connectivity index (χ2v) is 6.66. The summed E-state index contributed by atoms with van der Waals surface area (Å²) in [5, 5.41) is 5.84. The van der Waals surface area contributed by atoms with Gasteiger partial charge in [0.15, 0.2) is 10.8 Å². The van der Waals surface area contributed by atoms with Crippen molar-refractivity contribution >= 4 is 33.8 Å². The zero-order valence-corrected chi connectivity index (χ0v) is 14.9. The van der Waals surface area contributed by atoms with E-state index in [9.17, 15) is 4.79 Å². The Morgan fingerprint density at radius 2 is 2.08 bits per heavy atom. The molecule has 3 heterocycles. The van der Waals surface area contributed by atoms with Crippen LogP contribution in [-0.4, -0.2) is 20.3 Å². The lowest BCUT2D eigenvalue weighted by molar-refractivity contribution is 0.0462. The molecule has 0 spiro atoms. The summed E-state index contributed by atoms with van der Waals surface area (Å²) in [7, 11) is 0. The van der Waals surface area contributed by atoms with Crippen molar-refractivity contribution in [2.75, 3.05) is 5.32 Å². The highest BCUT2D eigenvalue weighted by atomic mass is 32.1. The van der Waals surface area contributed by atoms with Gasteiger partial charge in [0.2, 0.25) is 0 Å². The number of rotatable bonds is 5. The Labute approximate surface area is 154 Å². The molecule has 130 valence electrons. The first kappa shape index (κ1) is 16.3. The Kier molecular flexibility index (Phi) is 4.37. The van der Waals surface area contributed by atoms with Crippen LogP contribution in [0.15, 0.2) is 60.2 Å². The van der Waals surface area contributed by atoms with Gasteiger partial charge in [0.25, 0.3) is 0 Å². The first-order chi connectivity index (χ1) is 12.7. The zero-order chi connectivity index (χ0) is 17.9. The Morgan fingerprint density at radius 3 is 2.92 bits per heavy atom. The smallest absolute Gasteiger partial charge is 0.358 e. The van der Waals surface area contributed by atoms with E-state index in [1.807, 2.05) is 61.0 Å². The van der Waals surface area contributed by atoms with Crippen molar-refractivity contribution in [1.82, 2.24) is 14.4 Å². The van der Waals surface area contributed by atoms with E-state index in [-0.39, 0.29) is 12.3 Å². The fourth-order valence-electron chi connectivity index (χ4n) is 2.47. The Bertz CT molecular complexity index is 1060. The largest absolute Gasteiger partial charge is 0.454 e. The first-order valence-electron chi connectivity index (χ1n) is 8.06. The van der Waals surface area contributed by atoms with Crippen LogP contribution in [-0.2, 0) is 11.3 Å². The van der Waals surface area contributed by atoms with Crippen LogP contribution in [0.2, 0.25) is 0 Å². The van der Waals surface area contributed by atoms with Gasteiger partial charge in [-0.05, 0) is 36.8 Å². The zero-order valence-electron chi connectivity index (χ0n) is 14.0. The number of esters is 1. The van der Waals surface area contributed by atoms with E-state index < -0.39 is 5.97 Å². The summed E-state index contributed by atoms with van der Waals surface area (Å²) in [4.78, 5) is 21.0. The minimum absolute atomic E-state index is 0.110. The van der Waals surface area contributed by atoms with E-state index in [1.165, 1.54) is 11.3 Å². The molecule has 0 bridgehead atoms. The highest BCUT2D eigenvalue weighted by Crippen LogP contribution is 2.21. The second kappa shape index (κ2) is 6.97. The number of ether oxygens (including phenoxy) is 1. The molecule has 0 radical (unpaired) electrons. The molecule has 4 aromatic rings. The van der Waals surface area contributed by atoms with Crippen molar-refractivity contribution in [1.29, 1.82) is 0 Å².